The van der Waals surface area contributed by atoms with Crippen molar-refractivity contribution in [2.75, 3.05) is 13.7 Å². The minimum absolute atomic E-state index is 0.0925. The van der Waals surface area contributed by atoms with Gasteiger partial charge < -0.3 is 20.5 Å². The number of nitrogens with one attached hydrogen (secondary N) is 2. The van der Waals surface area contributed by atoms with Gasteiger partial charge in [0.2, 0.25) is 5.91 Å². The van der Waals surface area contributed by atoms with Gasteiger partial charge in [-0.2, -0.15) is 0 Å². The molecule has 1 heterocycles. The first-order valence-electron chi connectivity index (χ1n) is 6.15. The molecular weight excluding hydrogens is 268 g/mol. The van der Waals surface area contributed by atoms with Crippen LogP contribution in [-0.2, 0) is 11.3 Å². The van der Waals surface area contributed by atoms with E-state index in [1.54, 1.807) is 12.1 Å². The number of carbonyl (C=O) groups is 1. The summed E-state index contributed by atoms with van der Waals surface area (Å²) < 4.78 is 5.04. The first kappa shape index (κ1) is 14.0. The van der Waals surface area contributed by atoms with Gasteiger partial charge in [0.05, 0.1) is 7.11 Å². The zero-order valence-corrected chi connectivity index (χ0v) is 11.5. The molecule has 1 atom stereocenters. The van der Waals surface area contributed by atoms with E-state index in [2.05, 4.69) is 10.6 Å². The first-order valence-corrected chi connectivity index (χ1v) is 6.53. The molecule has 19 heavy (non-hydrogen) atoms. The van der Waals surface area contributed by atoms with E-state index in [1.807, 2.05) is 0 Å². The predicted molar refractivity (Wildman–Crippen MR) is 72.5 cm³/mol. The molecule has 0 bridgehead atoms. The maximum Gasteiger partial charge on any atom is 0.220 e. The van der Waals surface area contributed by atoms with Crippen LogP contribution >= 0.6 is 11.6 Å². The molecule has 1 aromatic rings. The minimum Gasteiger partial charge on any atom is -0.504 e. The Kier molecular flexibility index (Phi) is 4.50. The van der Waals surface area contributed by atoms with E-state index in [0.717, 1.165) is 6.42 Å². The summed E-state index contributed by atoms with van der Waals surface area (Å²) in [6, 6.07) is 3.42. The Morgan fingerprint density at radius 3 is 3.00 bits per heavy atom. The Bertz CT molecular complexity index is 479. The van der Waals surface area contributed by atoms with Crippen molar-refractivity contribution in [3.8, 4) is 11.5 Å². The van der Waals surface area contributed by atoms with Gasteiger partial charge in [0.25, 0.3) is 0 Å². The third-order valence-corrected chi connectivity index (χ3v) is 3.35. The monoisotopic (exact) mass is 284 g/mol. The lowest BCUT2D eigenvalue weighted by molar-refractivity contribution is -0.119. The highest BCUT2D eigenvalue weighted by atomic mass is 35.5. The van der Waals surface area contributed by atoms with Gasteiger partial charge in [-0.3, -0.25) is 4.79 Å². The maximum absolute atomic E-state index is 11.1. The molecule has 104 valence electrons. The molecule has 1 aliphatic heterocycles. The molecule has 0 spiro atoms. The van der Waals surface area contributed by atoms with E-state index < -0.39 is 0 Å². The normalized spacial score (nSPS) is 18.4. The number of carbonyl (C=O) groups excluding carboxylic acids is 1. The van der Waals surface area contributed by atoms with Crippen LogP contribution in [0.15, 0.2) is 12.1 Å². The number of hydrogen-bond acceptors (Lipinski definition) is 4. The summed E-state index contributed by atoms with van der Waals surface area (Å²) in [7, 11) is 1.48. The second kappa shape index (κ2) is 6.12. The number of phenolic OH excluding ortho intramolecular Hbond substituents is 1. The third kappa shape index (κ3) is 3.52. The number of methoxy groups -OCH3 is 1. The van der Waals surface area contributed by atoms with Crippen molar-refractivity contribution in [1.29, 1.82) is 0 Å². The van der Waals surface area contributed by atoms with Gasteiger partial charge >= 0.3 is 0 Å². The fraction of sp³-hybridized carbons (Fsp3) is 0.462. The van der Waals surface area contributed by atoms with Crippen LogP contribution in [-0.4, -0.2) is 30.7 Å². The average molecular weight is 285 g/mol. The van der Waals surface area contributed by atoms with E-state index in [0.29, 0.717) is 35.8 Å². The smallest absolute Gasteiger partial charge is 0.220 e. The summed E-state index contributed by atoms with van der Waals surface area (Å²) in [4.78, 5) is 11.1. The summed E-state index contributed by atoms with van der Waals surface area (Å²) in [5, 5.41) is 16.5. The van der Waals surface area contributed by atoms with Crippen molar-refractivity contribution < 1.29 is 14.6 Å². The van der Waals surface area contributed by atoms with Crippen molar-refractivity contribution in [2.24, 2.45) is 0 Å². The Morgan fingerprint density at radius 1 is 1.58 bits per heavy atom. The fourth-order valence-electron chi connectivity index (χ4n) is 2.13. The highest BCUT2D eigenvalue weighted by Gasteiger charge is 2.20. The van der Waals surface area contributed by atoms with Gasteiger partial charge in [-0.25, -0.2) is 0 Å². The van der Waals surface area contributed by atoms with Crippen LogP contribution in [0.1, 0.15) is 18.4 Å². The molecular formula is C13H17ClN2O3. The topological polar surface area (TPSA) is 70.6 Å². The number of aromatic hydroxyl groups is 1. The van der Waals surface area contributed by atoms with E-state index in [1.165, 1.54) is 7.11 Å². The average Bonchev–Trinajstić information content (AvgIpc) is 2.79. The standard InChI is InChI=1S/C13H17ClN2O3/c1-19-11-5-9(14)4-8(13(11)18)6-15-7-10-2-3-12(17)16-10/h4-5,10,15,18H,2-3,6-7H2,1H3,(H,16,17). The maximum atomic E-state index is 11.1. The Labute approximate surface area is 116 Å². The van der Waals surface area contributed by atoms with Crippen molar-refractivity contribution in [2.45, 2.75) is 25.4 Å². The van der Waals surface area contributed by atoms with Gasteiger partial charge in [-0.05, 0) is 12.5 Å². The van der Waals surface area contributed by atoms with Crippen LogP contribution in [0, 0.1) is 0 Å². The number of phenols is 1. The summed E-state index contributed by atoms with van der Waals surface area (Å²) in [5.74, 6) is 0.549. The van der Waals surface area contributed by atoms with Gasteiger partial charge in [-0.15, -0.1) is 0 Å². The van der Waals surface area contributed by atoms with Crippen LogP contribution in [0.4, 0.5) is 0 Å². The van der Waals surface area contributed by atoms with Crippen LogP contribution in [0.2, 0.25) is 5.02 Å². The highest BCUT2D eigenvalue weighted by Crippen LogP contribution is 2.33. The summed E-state index contributed by atoms with van der Waals surface area (Å²) in [6.07, 6.45) is 1.43. The van der Waals surface area contributed by atoms with Crippen molar-refractivity contribution in [1.82, 2.24) is 10.6 Å². The molecule has 0 radical (unpaired) electrons. The minimum atomic E-state index is 0.0925. The van der Waals surface area contributed by atoms with Gasteiger partial charge in [0.15, 0.2) is 11.5 Å². The van der Waals surface area contributed by atoms with Gasteiger partial charge in [0, 0.05) is 42.2 Å². The highest BCUT2D eigenvalue weighted by molar-refractivity contribution is 6.30. The van der Waals surface area contributed by atoms with E-state index in [4.69, 9.17) is 16.3 Å². The number of benzene rings is 1. The number of halogens is 1. The largest absolute Gasteiger partial charge is 0.504 e. The fourth-order valence-corrected chi connectivity index (χ4v) is 2.36. The van der Waals surface area contributed by atoms with E-state index >= 15 is 0 Å². The second-order valence-corrected chi connectivity index (χ2v) is 4.99. The SMILES string of the molecule is COc1cc(Cl)cc(CNCC2CCC(=O)N2)c1O. The van der Waals surface area contributed by atoms with Crippen molar-refractivity contribution in [3.63, 3.8) is 0 Å². The van der Waals surface area contributed by atoms with Crippen LogP contribution in [0.3, 0.4) is 0 Å². The zero-order valence-electron chi connectivity index (χ0n) is 10.7. The predicted octanol–water partition coefficient (Wildman–Crippen LogP) is 1.42. The zero-order chi connectivity index (χ0) is 13.8. The van der Waals surface area contributed by atoms with Crippen LogP contribution in [0.5, 0.6) is 11.5 Å². The third-order valence-electron chi connectivity index (χ3n) is 3.13. The van der Waals surface area contributed by atoms with Gasteiger partial charge in [-0.1, -0.05) is 11.6 Å². The lowest BCUT2D eigenvalue weighted by Crippen LogP contribution is -2.35. The molecule has 1 aromatic carbocycles. The quantitative estimate of drug-likeness (QED) is 0.765. The molecule has 0 aromatic heterocycles. The summed E-state index contributed by atoms with van der Waals surface area (Å²) in [5.41, 5.74) is 0.675. The number of rotatable bonds is 5. The van der Waals surface area contributed by atoms with Crippen molar-refractivity contribution >= 4 is 17.5 Å². The Hall–Kier alpha value is -1.46. The second-order valence-electron chi connectivity index (χ2n) is 4.55. The molecule has 1 fully saturated rings. The molecule has 1 aliphatic rings. The lowest BCUT2D eigenvalue weighted by Gasteiger charge is -2.13. The van der Waals surface area contributed by atoms with E-state index in [-0.39, 0.29) is 17.7 Å². The molecule has 0 aliphatic carbocycles. The van der Waals surface area contributed by atoms with Gasteiger partial charge in [0.1, 0.15) is 0 Å². The Morgan fingerprint density at radius 2 is 2.37 bits per heavy atom. The summed E-state index contributed by atoms with van der Waals surface area (Å²) >= 11 is 5.95. The van der Waals surface area contributed by atoms with Crippen LogP contribution in [0.25, 0.3) is 0 Å². The molecule has 1 saturated heterocycles. The molecule has 5 nitrogen and oxygen atoms in total. The Balaban J connectivity index is 1.92. The first-order chi connectivity index (χ1) is 9.10. The summed E-state index contributed by atoms with van der Waals surface area (Å²) in [6.45, 7) is 1.13. The molecule has 2 rings (SSSR count). The lowest BCUT2D eigenvalue weighted by atomic mass is 10.1. The van der Waals surface area contributed by atoms with E-state index in [9.17, 15) is 9.90 Å². The number of ether oxygens (including phenoxy) is 1. The van der Waals surface area contributed by atoms with Crippen molar-refractivity contribution in [3.05, 3.63) is 22.7 Å². The molecule has 0 saturated carbocycles. The number of hydrogen-bond donors (Lipinski definition) is 3. The molecule has 3 N–H and O–H groups in total. The molecule has 1 amide bonds. The molecule has 1 unspecified atom stereocenters. The number of amides is 1. The molecule has 6 heteroatoms. The van der Waals surface area contributed by atoms with Crippen LogP contribution < -0.4 is 15.4 Å².